The highest BCUT2D eigenvalue weighted by Crippen LogP contribution is 2.60. The third-order valence-electron chi connectivity index (χ3n) is 4.93. The molecule has 1 saturated carbocycles. The van der Waals surface area contributed by atoms with Gasteiger partial charge < -0.3 is 9.47 Å². The third-order valence-corrected chi connectivity index (χ3v) is 4.93. The minimum Gasteiger partial charge on any atom is -0.491 e. The lowest BCUT2D eigenvalue weighted by molar-refractivity contribution is -0.151. The molecule has 0 aliphatic heterocycles. The molecule has 4 nitrogen and oxygen atoms in total. The van der Waals surface area contributed by atoms with Gasteiger partial charge in [-0.2, -0.15) is 14.0 Å². The van der Waals surface area contributed by atoms with Crippen LogP contribution in [0.3, 0.4) is 0 Å². The molecule has 1 aliphatic carbocycles. The van der Waals surface area contributed by atoms with Crippen molar-refractivity contribution in [3.63, 3.8) is 0 Å². The number of nitrogens with zero attached hydrogens (tertiary/aromatic N) is 1. The van der Waals surface area contributed by atoms with E-state index in [-0.39, 0.29) is 5.92 Å². The number of ether oxygens (including phenoxy) is 2. The largest absolute Gasteiger partial charge is 0.491 e. The number of rotatable bonds is 5. The number of allylic oxidation sites excluding steroid dienone is 2. The molecule has 0 radical (unpaired) electrons. The second kappa shape index (κ2) is 7.22. The molecular formula is C19H19F4NO3. The molecule has 1 aliphatic rings. The first-order valence-corrected chi connectivity index (χ1v) is 8.17. The van der Waals surface area contributed by atoms with Gasteiger partial charge in [0.1, 0.15) is 6.10 Å². The summed E-state index contributed by atoms with van der Waals surface area (Å²) >= 11 is 0. The molecule has 8 heteroatoms. The van der Waals surface area contributed by atoms with E-state index in [0.29, 0.717) is 5.57 Å². The lowest BCUT2D eigenvalue weighted by Crippen LogP contribution is -2.17. The Balaban J connectivity index is 2.28. The first-order valence-electron chi connectivity index (χ1n) is 8.17. The van der Waals surface area contributed by atoms with Crippen LogP contribution in [0.4, 0.5) is 17.6 Å². The predicted molar refractivity (Wildman–Crippen MR) is 87.5 cm³/mol. The number of esters is 1. The van der Waals surface area contributed by atoms with Crippen LogP contribution in [-0.2, 0) is 9.53 Å². The van der Waals surface area contributed by atoms with Gasteiger partial charge in [-0.25, -0.2) is 8.78 Å². The van der Waals surface area contributed by atoms with Crippen molar-refractivity contribution in [2.75, 3.05) is 7.11 Å². The van der Waals surface area contributed by atoms with Crippen molar-refractivity contribution >= 4 is 5.97 Å². The number of hydrogen-bond acceptors (Lipinski definition) is 4. The number of nitriles is 1. The fourth-order valence-electron chi connectivity index (χ4n) is 3.22. The summed E-state index contributed by atoms with van der Waals surface area (Å²) < 4.78 is 65.4. The summed E-state index contributed by atoms with van der Waals surface area (Å²) in [4.78, 5) is 12.4. The molecule has 1 aromatic rings. The van der Waals surface area contributed by atoms with Crippen LogP contribution in [0.15, 0.2) is 11.6 Å². The summed E-state index contributed by atoms with van der Waals surface area (Å²) in [6.45, 7) is 6.27. The Kier molecular flexibility index (Phi) is 5.55. The SMILES string of the molecule is COc1c(F)c(F)c(C(C)OC(=O)C2C(C=C(C)C#N)C2(C)C)c(F)c1F. The van der Waals surface area contributed by atoms with Crippen LogP contribution in [-0.4, -0.2) is 13.1 Å². The quantitative estimate of drug-likeness (QED) is 0.322. The molecule has 0 spiro atoms. The zero-order chi connectivity index (χ0) is 20.7. The smallest absolute Gasteiger partial charge is 0.310 e. The first-order chi connectivity index (χ1) is 12.5. The van der Waals surface area contributed by atoms with Crippen molar-refractivity contribution in [2.45, 2.75) is 33.8 Å². The van der Waals surface area contributed by atoms with Gasteiger partial charge in [-0.1, -0.05) is 19.9 Å². The van der Waals surface area contributed by atoms with Crippen molar-refractivity contribution < 1.29 is 31.8 Å². The topological polar surface area (TPSA) is 59.3 Å². The number of carbonyl (C=O) groups is 1. The van der Waals surface area contributed by atoms with Gasteiger partial charge in [-0.15, -0.1) is 0 Å². The lowest BCUT2D eigenvalue weighted by atomic mass is 10.1. The summed E-state index contributed by atoms with van der Waals surface area (Å²) in [6, 6.07) is 1.95. The maximum Gasteiger partial charge on any atom is 0.310 e. The Hall–Kier alpha value is -2.56. The predicted octanol–water partition coefficient (Wildman–Crippen LogP) is 4.60. The van der Waals surface area contributed by atoms with Crippen LogP contribution in [0.25, 0.3) is 0 Å². The molecule has 0 bridgehead atoms. The zero-order valence-corrected chi connectivity index (χ0v) is 15.5. The van der Waals surface area contributed by atoms with Gasteiger partial charge in [-0.05, 0) is 25.2 Å². The van der Waals surface area contributed by atoms with Gasteiger partial charge in [0.15, 0.2) is 17.4 Å². The van der Waals surface area contributed by atoms with E-state index in [4.69, 9.17) is 10.00 Å². The number of halogens is 4. The van der Waals surface area contributed by atoms with Crippen LogP contribution < -0.4 is 4.74 Å². The van der Waals surface area contributed by atoms with E-state index in [9.17, 15) is 22.4 Å². The number of benzene rings is 1. The van der Waals surface area contributed by atoms with Gasteiger partial charge in [0.25, 0.3) is 0 Å². The highest BCUT2D eigenvalue weighted by atomic mass is 19.2. The van der Waals surface area contributed by atoms with Crippen LogP contribution in [0, 0.1) is 51.9 Å². The molecular weight excluding hydrogens is 366 g/mol. The number of hydrogen-bond donors (Lipinski definition) is 0. The van der Waals surface area contributed by atoms with Crippen molar-refractivity contribution in [3.05, 3.63) is 40.5 Å². The van der Waals surface area contributed by atoms with Gasteiger partial charge in [0.2, 0.25) is 11.6 Å². The highest BCUT2D eigenvalue weighted by Gasteiger charge is 2.61. The van der Waals surface area contributed by atoms with E-state index >= 15 is 0 Å². The average molecular weight is 385 g/mol. The second-order valence-corrected chi connectivity index (χ2v) is 7.07. The third kappa shape index (κ3) is 3.51. The molecule has 1 aromatic carbocycles. The summed E-state index contributed by atoms with van der Waals surface area (Å²) in [5.74, 6) is -9.64. The average Bonchev–Trinajstić information content (AvgIpc) is 3.13. The van der Waals surface area contributed by atoms with Crippen LogP contribution in [0.5, 0.6) is 5.75 Å². The fraction of sp³-hybridized carbons (Fsp3) is 0.474. The standard InChI is InChI=1S/C19H19F4NO3/c1-8(7-24)6-10-12(19(10,3)4)18(25)27-9(2)11-13(20)15(22)17(26-5)16(23)14(11)21/h6,9-10,12H,1-5H3. The zero-order valence-electron chi connectivity index (χ0n) is 15.5. The van der Waals surface area contributed by atoms with E-state index in [1.54, 1.807) is 26.8 Å². The maximum absolute atomic E-state index is 14.2. The lowest BCUT2D eigenvalue weighted by Gasteiger charge is -2.17. The van der Waals surface area contributed by atoms with Crippen LogP contribution in [0.2, 0.25) is 0 Å². The molecule has 0 amide bonds. The Labute approximate surface area is 154 Å². The van der Waals surface area contributed by atoms with Crippen molar-refractivity contribution in [1.82, 2.24) is 0 Å². The molecule has 146 valence electrons. The molecule has 0 heterocycles. The van der Waals surface area contributed by atoms with Gasteiger partial charge >= 0.3 is 5.97 Å². The second-order valence-electron chi connectivity index (χ2n) is 7.07. The van der Waals surface area contributed by atoms with Crippen LogP contribution >= 0.6 is 0 Å². The van der Waals surface area contributed by atoms with Gasteiger partial charge in [0, 0.05) is 5.57 Å². The Bertz CT molecular complexity index is 828. The summed E-state index contributed by atoms with van der Waals surface area (Å²) in [6.07, 6.45) is 0.0651. The van der Waals surface area contributed by atoms with Crippen molar-refractivity contribution in [3.8, 4) is 11.8 Å². The molecule has 0 aromatic heterocycles. The molecule has 3 atom stereocenters. The Morgan fingerprint density at radius 2 is 1.70 bits per heavy atom. The van der Waals surface area contributed by atoms with E-state index < -0.39 is 58.0 Å². The molecule has 0 N–H and O–H groups in total. The monoisotopic (exact) mass is 385 g/mol. The highest BCUT2D eigenvalue weighted by molar-refractivity contribution is 5.78. The van der Waals surface area contributed by atoms with Crippen molar-refractivity contribution in [1.29, 1.82) is 5.26 Å². The molecule has 2 rings (SSSR count). The van der Waals surface area contributed by atoms with E-state index in [0.717, 1.165) is 14.0 Å². The normalized spacial score (nSPS) is 22.0. The maximum atomic E-state index is 14.2. The Morgan fingerprint density at radius 3 is 2.15 bits per heavy atom. The molecule has 3 unspecified atom stereocenters. The molecule has 27 heavy (non-hydrogen) atoms. The van der Waals surface area contributed by atoms with Crippen LogP contribution in [0.1, 0.15) is 39.4 Å². The van der Waals surface area contributed by atoms with Crippen molar-refractivity contribution in [2.24, 2.45) is 17.3 Å². The number of carbonyl (C=O) groups excluding carboxylic acids is 1. The van der Waals surface area contributed by atoms with E-state index in [1.165, 1.54) is 0 Å². The minimum atomic E-state index is -1.70. The number of methoxy groups -OCH3 is 1. The van der Waals surface area contributed by atoms with Gasteiger partial charge in [-0.3, -0.25) is 4.79 Å². The fourth-order valence-corrected chi connectivity index (χ4v) is 3.22. The Morgan fingerprint density at radius 1 is 1.19 bits per heavy atom. The molecule has 0 saturated heterocycles. The summed E-state index contributed by atoms with van der Waals surface area (Å²) in [5.41, 5.74) is -1.12. The molecule has 1 fully saturated rings. The summed E-state index contributed by atoms with van der Waals surface area (Å²) in [7, 11) is 0.871. The summed E-state index contributed by atoms with van der Waals surface area (Å²) in [5, 5.41) is 8.86. The first kappa shape index (κ1) is 20.7. The van der Waals surface area contributed by atoms with Gasteiger partial charge in [0.05, 0.1) is 24.7 Å². The van der Waals surface area contributed by atoms with E-state index in [2.05, 4.69) is 4.74 Å². The minimum absolute atomic E-state index is 0.282. The van der Waals surface area contributed by atoms with E-state index in [1.807, 2.05) is 6.07 Å².